The van der Waals surface area contributed by atoms with Crippen LogP contribution in [0.2, 0.25) is 15.1 Å². The van der Waals surface area contributed by atoms with E-state index in [-0.39, 0.29) is 21.9 Å². The molecule has 0 aliphatic rings. The average Bonchev–Trinajstić information content (AvgIpc) is 1.76. The summed E-state index contributed by atoms with van der Waals surface area (Å²) in [5.41, 5.74) is 15.1. The molecule has 3 amide bonds. The smallest absolute Gasteiger partial charge is 0.296 e. The molecule has 9 aromatic heterocycles. The van der Waals surface area contributed by atoms with Gasteiger partial charge in [0.15, 0.2) is 0 Å². The molecule has 0 spiro atoms. The number of carbonyl (C=O) groups is 4. The lowest BCUT2D eigenvalue weighted by molar-refractivity contribution is -0.121. The zero-order valence-electron chi connectivity index (χ0n) is 67.0. The number of hydrogen-bond acceptors (Lipinski definition) is 16. The summed E-state index contributed by atoms with van der Waals surface area (Å²) in [6, 6.07) is 47.8. The second kappa shape index (κ2) is 36.3. The summed E-state index contributed by atoms with van der Waals surface area (Å²) in [5.74, 6) is -2.18. The van der Waals surface area contributed by atoms with Crippen LogP contribution in [-0.2, 0) is 74.0 Å². The van der Waals surface area contributed by atoms with Crippen LogP contribution in [0.4, 0.5) is 17.1 Å². The molecule has 0 fully saturated rings. The second-order valence-corrected chi connectivity index (χ2v) is 37.5. The van der Waals surface area contributed by atoms with Gasteiger partial charge in [-0.1, -0.05) is 95.5 Å². The number of nitrogens with two attached hydrogens (primary N) is 1. The van der Waals surface area contributed by atoms with Gasteiger partial charge in [-0.05, 0) is 178 Å². The number of amides is 3. The molecule has 4 unspecified atom stereocenters. The molecule has 6 N–H and O–H groups in total. The Morgan fingerprint density at radius 2 is 0.731 bits per heavy atom. The molecule has 0 bridgehead atoms. The van der Waals surface area contributed by atoms with Crippen LogP contribution in [0.15, 0.2) is 243 Å². The van der Waals surface area contributed by atoms with E-state index in [9.17, 15) is 31.8 Å². The van der Waals surface area contributed by atoms with Gasteiger partial charge in [0, 0.05) is 152 Å². The number of Topliss-reactive ketones (excluding diaryl/α,β-unsaturated/α-hetero) is 1. The molecule has 15 aromatic rings. The molecular weight excluding hydrogens is 1630 g/mol. The molecule has 6 aromatic carbocycles. The topological polar surface area (TPSA) is 350 Å². The molecule has 0 aliphatic carbocycles. The molecule has 0 radical (unpaired) electrons. The Bertz CT molecular complexity index is 6320. The van der Waals surface area contributed by atoms with Gasteiger partial charge >= 0.3 is 0 Å². The summed E-state index contributed by atoms with van der Waals surface area (Å²) >= 11 is 17.9. The number of hydrogen-bond donors (Lipinski definition) is 5. The fourth-order valence-corrected chi connectivity index (χ4v) is 13.4. The van der Waals surface area contributed by atoms with Crippen molar-refractivity contribution in [1.82, 2.24) is 77.9 Å². The van der Waals surface area contributed by atoms with E-state index >= 15 is 0 Å². The van der Waals surface area contributed by atoms with Crippen molar-refractivity contribution in [3.63, 3.8) is 0 Å². The van der Waals surface area contributed by atoms with Gasteiger partial charge in [0.05, 0.1) is 88.4 Å². The van der Waals surface area contributed by atoms with Gasteiger partial charge in [0.2, 0.25) is 5.91 Å². The van der Waals surface area contributed by atoms with E-state index in [1.165, 1.54) is 31.1 Å². The maximum Gasteiger partial charge on any atom is 0.296 e. The lowest BCUT2D eigenvalue weighted by Crippen LogP contribution is -2.53. The van der Waals surface area contributed by atoms with E-state index < -0.39 is 65.6 Å². The van der Waals surface area contributed by atoms with E-state index in [1.807, 2.05) is 173 Å². The van der Waals surface area contributed by atoms with Crippen LogP contribution in [0.3, 0.4) is 0 Å². The minimum Gasteiger partial charge on any atom is -0.324 e. The minimum atomic E-state index is -1.63. The van der Waals surface area contributed by atoms with Gasteiger partial charge in [-0.3, -0.25) is 38.4 Å². The highest BCUT2D eigenvalue weighted by atomic mass is 35.5. The number of ketones is 1. The fraction of sp³-hybridized carbons (Fsp3) is 0.200. The number of carbonyl (C=O) groups excluding carboxylic acids is 4. The molecule has 4 atom stereocenters. The first kappa shape index (κ1) is 86.1. The van der Waals surface area contributed by atoms with Crippen molar-refractivity contribution in [2.45, 2.75) is 89.0 Å². The Morgan fingerprint density at radius 3 is 1.06 bits per heavy atom. The molecule has 119 heavy (non-hydrogen) atoms. The number of aryl methyl sites for hydroxylation is 3. The van der Waals surface area contributed by atoms with Crippen molar-refractivity contribution in [2.75, 3.05) is 16.0 Å². The van der Waals surface area contributed by atoms with E-state index in [4.69, 9.17) is 39.9 Å². The number of rotatable bonds is 18. The first-order valence-corrected chi connectivity index (χ1v) is 41.5. The van der Waals surface area contributed by atoms with Crippen LogP contribution in [0.1, 0.15) is 90.7 Å². The first-order chi connectivity index (χ1) is 56.4. The second-order valence-electron chi connectivity index (χ2n) is 30.5. The standard InChI is InChI=1S/C29H30ClN7O2S.C28H26ClN7O2S.C24H17ClN6O2.C4H11NOS/c1-28(2,3)40(39)35-29(4,22-8-10-23(30)11-9-22)27(38)34-24-12-6-19(7-13-24)26-25-14-20(17-37(25)33-18-31-26)21-15-32-36(5)16-21;1-28(2,3)39(38)34-26(19-5-9-22(29)10-6-19)27(37)33-23-11-7-18(8-12-23)25-24-13-20(16-36(24)32-17-30-25)21-14-31-35(4)15-21;1-30-12-18(11-27-30)17-10-21-22(26-14-28-31(21)13-17)15-4-8-20(9-5-15)29-24(33)23(32)16-2-6-19(25)7-3-16;1-4(2,3)7(5)6/h6-18,35H,1-5H3,(H,34,38);5-17H,1-4H3,(H,33,37);2-14H,1H3,(H,29,33);5H2,1-3H3. The van der Waals surface area contributed by atoms with Crippen molar-refractivity contribution >= 4 is 131 Å². The van der Waals surface area contributed by atoms with Crippen molar-refractivity contribution in [3.8, 4) is 67.2 Å². The molecule has 28 nitrogen and oxygen atoms in total. The van der Waals surface area contributed by atoms with Crippen LogP contribution in [-0.4, -0.2) is 129 Å². The molecule has 0 saturated carbocycles. The monoisotopic (exact) mass is 1710 g/mol. The van der Waals surface area contributed by atoms with Gasteiger partial charge in [0.1, 0.15) is 41.2 Å². The molecule has 0 aliphatic heterocycles. The lowest BCUT2D eigenvalue weighted by atomic mass is 9.92. The third-order valence-electron chi connectivity index (χ3n) is 18.3. The molecular formula is C85H84Cl3N21O7S3. The van der Waals surface area contributed by atoms with Crippen LogP contribution in [0.5, 0.6) is 0 Å². The van der Waals surface area contributed by atoms with Gasteiger partial charge < -0.3 is 16.0 Å². The van der Waals surface area contributed by atoms with Crippen molar-refractivity contribution in [1.29, 1.82) is 0 Å². The normalized spacial score (nSPS) is 13.0. The van der Waals surface area contributed by atoms with Crippen LogP contribution in [0.25, 0.3) is 83.7 Å². The number of nitrogens with one attached hydrogen (secondary N) is 4. The van der Waals surface area contributed by atoms with Gasteiger partial charge in [-0.2, -0.15) is 35.0 Å². The zero-order chi connectivity index (χ0) is 85.4. The zero-order valence-corrected chi connectivity index (χ0v) is 71.7. The SMILES string of the molecule is CC(C)(C)S(N)=O.Cn1cc(-c2cc3c(-c4ccc(NC(=O)C(=NS(=O)C(C)(C)C)c5ccc(Cl)cc5)cc4)ncnn3c2)cn1.Cn1cc(-c2cc3c(-c4ccc(NC(=O)C(=O)c5ccc(Cl)cc5)cc4)ncnn3c2)cn1.Cn1cc(-c2cc3c(-c4ccc(NC(=O)C(C)(NS(=O)C(C)(C)C)c5ccc(Cl)cc5)cc4)ncnn3c2)cn1. The molecule has 9 heterocycles. The summed E-state index contributed by atoms with van der Waals surface area (Å²) in [6.07, 6.45) is 21.6. The summed E-state index contributed by atoms with van der Waals surface area (Å²) in [5, 5.41) is 40.8. The van der Waals surface area contributed by atoms with Gasteiger partial charge in [-0.25, -0.2) is 45.8 Å². The highest BCUT2D eigenvalue weighted by Gasteiger charge is 2.40. The van der Waals surface area contributed by atoms with E-state index in [0.29, 0.717) is 43.3 Å². The lowest BCUT2D eigenvalue weighted by Gasteiger charge is -2.32. The van der Waals surface area contributed by atoms with Crippen LogP contribution in [0, 0.1) is 0 Å². The molecule has 34 heteroatoms. The summed E-state index contributed by atoms with van der Waals surface area (Å²) < 4.78 is 52.7. The maximum atomic E-state index is 13.7. The fourth-order valence-electron chi connectivity index (χ4n) is 11.6. The predicted molar refractivity (Wildman–Crippen MR) is 471 cm³/mol. The summed E-state index contributed by atoms with van der Waals surface area (Å²) in [6.45, 7) is 18.2. The Balaban J connectivity index is 0.000000158. The molecule has 15 rings (SSSR count). The number of fused-ring (bicyclic) bond motifs is 3. The third-order valence-corrected chi connectivity index (χ3v) is 23.3. The van der Waals surface area contributed by atoms with E-state index in [1.54, 1.807) is 153 Å². The third kappa shape index (κ3) is 21.2. The van der Waals surface area contributed by atoms with E-state index in [2.05, 4.69) is 70.6 Å². The summed E-state index contributed by atoms with van der Waals surface area (Å²) in [7, 11) is 1.30. The van der Waals surface area contributed by atoms with Crippen molar-refractivity contribution in [3.05, 3.63) is 270 Å². The number of halogens is 3. The number of aromatic nitrogens is 15. The van der Waals surface area contributed by atoms with Gasteiger partial charge in [0.25, 0.3) is 17.6 Å². The Kier molecular flexibility index (Phi) is 26.3. The van der Waals surface area contributed by atoms with Gasteiger partial charge in [-0.15, -0.1) is 0 Å². The number of anilines is 3. The van der Waals surface area contributed by atoms with Crippen molar-refractivity contribution < 1.29 is 31.8 Å². The van der Waals surface area contributed by atoms with Crippen LogP contribution < -0.4 is 25.8 Å². The Morgan fingerprint density at radius 1 is 0.395 bits per heavy atom. The molecule has 610 valence electrons. The average molecular weight is 1710 g/mol. The first-order valence-electron chi connectivity index (χ1n) is 36.9. The number of benzene rings is 6. The van der Waals surface area contributed by atoms with Crippen LogP contribution >= 0.6 is 34.8 Å². The number of nitrogens with zero attached hydrogens (tertiary/aromatic N) is 16. The quantitative estimate of drug-likeness (QED) is 0.0303. The minimum absolute atomic E-state index is 0.0672. The highest BCUT2D eigenvalue weighted by Crippen LogP contribution is 2.35. The highest BCUT2D eigenvalue weighted by molar-refractivity contribution is 7.85. The maximum absolute atomic E-state index is 13.7. The Hall–Kier alpha value is -12.2. The van der Waals surface area contributed by atoms with E-state index in [0.717, 1.165) is 83.7 Å². The van der Waals surface area contributed by atoms with Crippen molar-refractivity contribution in [2.24, 2.45) is 30.7 Å². The summed E-state index contributed by atoms with van der Waals surface area (Å²) in [4.78, 5) is 65.1. The largest absolute Gasteiger partial charge is 0.324 e. The predicted octanol–water partition coefficient (Wildman–Crippen LogP) is 15.4. The molecule has 0 saturated heterocycles. The Labute approximate surface area is 708 Å².